The monoisotopic (exact) mass is 416 g/mol. The Hall–Kier alpha value is -3.44. The van der Waals surface area contributed by atoms with E-state index in [0.29, 0.717) is 22.6 Å². The van der Waals surface area contributed by atoms with E-state index < -0.39 is 0 Å². The number of rotatable bonds is 5. The predicted molar refractivity (Wildman–Crippen MR) is 121 cm³/mol. The lowest BCUT2D eigenvalue weighted by atomic mass is 10.00. The summed E-state index contributed by atoms with van der Waals surface area (Å²) in [5, 5.41) is 7.87. The number of nitrogens with one attached hydrogen (secondary N) is 1. The molecule has 0 radical (unpaired) electrons. The molecule has 2 aromatic heterocycles. The molecule has 0 unspecified atom stereocenters. The molecule has 0 fully saturated rings. The first kappa shape index (κ1) is 19.9. The van der Waals surface area contributed by atoms with Gasteiger partial charge in [0, 0.05) is 29.4 Å². The Bertz CT molecular complexity index is 1230. The van der Waals surface area contributed by atoms with Crippen molar-refractivity contribution in [2.24, 2.45) is 0 Å². The molecule has 4 rings (SSSR count). The van der Waals surface area contributed by atoms with Gasteiger partial charge in [-0.3, -0.25) is 0 Å². The lowest BCUT2D eigenvalue weighted by Gasteiger charge is -2.07. The third-order valence-electron chi connectivity index (χ3n) is 4.95. The van der Waals surface area contributed by atoms with Gasteiger partial charge in [-0.25, -0.2) is 4.98 Å². The van der Waals surface area contributed by atoms with Crippen molar-refractivity contribution in [3.63, 3.8) is 0 Å². The van der Waals surface area contributed by atoms with Crippen LogP contribution in [0.4, 0.5) is 5.82 Å². The third kappa shape index (κ3) is 3.98. The van der Waals surface area contributed by atoms with E-state index in [-0.39, 0.29) is 0 Å². The van der Waals surface area contributed by atoms with Gasteiger partial charge >= 0.3 is 0 Å². The van der Waals surface area contributed by atoms with Crippen molar-refractivity contribution in [2.75, 3.05) is 12.4 Å². The highest BCUT2D eigenvalue weighted by Crippen LogP contribution is 2.32. The van der Waals surface area contributed by atoms with Gasteiger partial charge in [0.15, 0.2) is 0 Å². The Balaban J connectivity index is 1.85. The predicted octanol–water partition coefficient (Wildman–Crippen LogP) is 6.03. The number of aryl methyl sites for hydroxylation is 2. The number of hydrogen-bond acceptors (Lipinski definition) is 5. The number of nitrogens with zero attached hydrogens (tertiary/aromatic N) is 3. The second-order valence-corrected chi connectivity index (χ2v) is 7.36. The molecule has 0 aliphatic rings. The second kappa shape index (κ2) is 8.51. The van der Waals surface area contributed by atoms with Crippen molar-refractivity contribution in [3.05, 3.63) is 94.0 Å². The van der Waals surface area contributed by atoms with Crippen LogP contribution in [0, 0.1) is 13.8 Å². The molecular formula is C24H21ClN4O. The van der Waals surface area contributed by atoms with Crippen LogP contribution in [0.3, 0.4) is 0 Å². The SMILES string of the molecule is CNc1ncccc1-c1noc(C(=Cc2ccc(C)c(C)c2)c2ccccc2Cl)n1. The molecule has 0 aliphatic carbocycles. The molecule has 0 saturated heterocycles. The summed E-state index contributed by atoms with van der Waals surface area (Å²) in [5.74, 6) is 1.53. The average Bonchev–Trinajstić information content (AvgIpc) is 3.25. The van der Waals surface area contributed by atoms with Gasteiger partial charge in [-0.05, 0) is 54.8 Å². The standard InChI is InChI=1S/C24H21ClN4O/c1-15-10-11-17(13-16(15)2)14-20(18-7-4-5-9-21(18)25)24-28-23(29-30-24)19-8-6-12-27-22(19)26-3/h4-14H,1-3H3,(H,26,27). The summed E-state index contributed by atoms with van der Waals surface area (Å²) >= 11 is 6.51. The molecule has 2 heterocycles. The van der Waals surface area contributed by atoms with Crippen molar-refractivity contribution in [3.8, 4) is 11.4 Å². The molecular weight excluding hydrogens is 396 g/mol. The summed E-state index contributed by atoms with van der Waals surface area (Å²) in [6.07, 6.45) is 3.73. The van der Waals surface area contributed by atoms with E-state index in [1.807, 2.05) is 49.5 Å². The van der Waals surface area contributed by atoms with Crippen molar-refractivity contribution in [1.29, 1.82) is 0 Å². The number of aromatic nitrogens is 3. The van der Waals surface area contributed by atoms with E-state index in [9.17, 15) is 0 Å². The van der Waals surface area contributed by atoms with Crippen LogP contribution in [0.5, 0.6) is 0 Å². The topological polar surface area (TPSA) is 63.8 Å². The summed E-state index contributed by atoms with van der Waals surface area (Å²) in [5.41, 5.74) is 5.83. The highest BCUT2D eigenvalue weighted by atomic mass is 35.5. The van der Waals surface area contributed by atoms with Gasteiger partial charge in [-0.1, -0.05) is 53.2 Å². The van der Waals surface area contributed by atoms with Gasteiger partial charge in [0.25, 0.3) is 5.89 Å². The lowest BCUT2D eigenvalue weighted by Crippen LogP contribution is -1.96. The molecule has 150 valence electrons. The van der Waals surface area contributed by atoms with Crippen molar-refractivity contribution in [2.45, 2.75) is 13.8 Å². The highest BCUT2D eigenvalue weighted by Gasteiger charge is 2.18. The Morgan fingerprint density at radius 2 is 1.87 bits per heavy atom. The maximum atomic E-state index is 6.51. The first-order valence-electron chi connectivity index (χ1n) is 9.58. The molecule has 0 bridgehead atoms. The van der Waals surface area contributed by atoms with Gasteiger partial charge < -0.3 is 9.84 Å². The zero-order chi connectivity index (χ0) is 21.1. The van der Waals surface area contributed by atoms with E-state index >= 15 is 0 Å². The van der Waals surface area contributed by atoms with Crippen molar-refractivity contribution in [1.82, 2.24) is 15.1 Å². The number of benzene rings is 2. The molecule has 0 aliphatic heterocycles. The van der Waals surface area contributed by atoms with E-state index in [0.717, 1.165) is 22.3 Å². The number of pyridine rings is 1. The molecule has 4 aromatic rings. The molecule has 30 heavy (non-hydrogen) atoms. The van der Waals surface area contributed by atoms with Gasteiger partial charge in [0.1, 0.15) is 5.82 Å². The van der Waals surface area contributed by atoms with Crippen LogP contribution in [0.1, 0.15) is 28.1 Å². The minimum absolute atomic E-state index is 0.391. The van der Waals surface area contributed by atoms with Gasteiger partial charge in [-0.2, -0.15) is 4.98 Å². The largest absolute Gasteiger partial charge is 0.373 e. The van der Waals surface area contributed by atoms with Crippen LogP contribution in [0.2, 0.25) is 5.02 Å². The van der Waals surface area contributed by atoms with E-state index in [1.54, 1.807) is 6.20 Å². The van der Waals surface area contributed by atoms with Crippen molar-refractivity contribution >= 4 is 29.1 Å². The summed E-state index contributed by atoms with van der Waals surface area (Å²) < 4.78 is 5.67. The number of halogens is 1. The molecule has 0 spiro atoms. The fourth-order valence-electron chi connectivity index (χ4n) is 3.18. The normalized spacial score (nSPS) is 11.5. The molecule has 0 saturated carbocycles. The minimum Gasteiger partial charge on any atom is -0.373 e. The van der Waals surface area contributed by atoms with Crippen LogP contribution in [-0.2, 0) is 0 Å². The van der Waals surface area contributed by atoms with E-state index in [1.165, 1.54) is 11.1 Å². The Morgan fingerprint density at radius 1 is 1.03 bits per heavy atom. The first-order chi connectivity index (χ1) is 14.6. The Morgan fingerprint density at radius 3 is 2.63 bits per heavy atom. The quantitative estimate of drug-likeness (QED) is 0.402. The summed E-state index contributed by atoms with van der Waals surface area (Å²) in [6, 6.07) is 17.7. The first-order valence-corrected chi connectivity index (χ1v) is 9.95. The maximum absolute atomic E-state index is 6.51. The Labute approximate surface area is 180 Å². The van der Waals surface area contributed by atoms with Gasteiger partial charge in [0.2, 0.25) is 5.82 Å². The molecule has 6 heteroatoms. The summed E-state index contributed by atoms with van der Waals surface area (Å²) in [7, 11) is 1.81. The molecule has 0 atom stereocenters. The summed E-state index contributed by atoms with van der Waals surface area (Å²) in [4.78, 5) is 8.98. The lowest BCUT2D eigenvalue weighted by molar-refractivity contribution is 0.409. The highest BCUT2D eigenvalue weighted by molar-refractivity contribution is 6.32. The average molecular weight is 417 g/mol. The number of anilines is 1. The van der Waals surface area contributed by atoms with E-state index in [2.05, 4.69) is 52.5 Å². The Kier molecular flexibility index (Phi) is 5.63. The molecule has 2 aromatic carbocycles. The van der Waals surface area contributed by atoms with Crippen LogP contribution in [0.15, 0.2) is 65.3 Å². The third-order valence-corrected chi connectivity index (χ3v) is 5.28. The van der Waals surface area contributed by atoms with Crippen LogP contribution in [-0.4, -0.2) is 22.2 Å². The molecule has 1 N–H and O–H groups in total. The molecule has 5 nitrogen and oxygen atoms in total. The summed E-state index contributed by atoms with van der Waals surface area (Å²) in [6.45, 7) is 4.18. The minimum atomic E-state index is 0.391. The smallest absolute Gasteiger partial charge is 0.258 e. The van der Waals surface area contributed by atoms with E-state index in [4.69, 9.17) is 16.1 Å². The van der Waals surface area contributed by atoms with Crippen molar-refractivity contribution < 1.29 is 4.52 Å². The van der Waals surface area contributed by atoms with Crippen LogP contribution < -0.4 is 5.32 Å². The van der Waals surface area contributed by atoms with Gasteiger partial charge in [-0.15, -0.1) is 0 Å². The number of hydrogen-bond donors (Lipinski definition) is 1. The zero-order valence-corrected chi connectivity index (χ0v) is 17.7. The van der Waals surface area contributed by atoms with Crippen LogP contribution >= 0.6 is 11.6 Å². The van der Waals surface area contributed by atoms with Gasteiger partial charge in [0.05, 0.1) is 5.56 Å². The zero-order valence-electron chi connectivity index (χ0n) is 17.0. The fraction of sp³-hybridized carbons (Fsp3) is 0.125. The second-order valence-electron chi connectivity index (χ2n) is 6.95. The molecule has 0 amide bonds. The fourth-order valence-corrected chi connectivity index (χ4v) is 3.42. The van der Waals surface area contributed by atoms with Crippen LogP contribution in [0.25, 0.3) is 23.0 Å². The maximum Gasteiger partial charge on any atom is 0.258 e.